The highest BCUT2D eigenvalue weighted by Gasteiger charge is 2.33. The normalized spacial score (nSPS) is 11.8. The number of carbonyl (C=O) groups is 2. The minimum absolute atomic E-state index is 0.0249. The molecule has 3 aromatic rings. The van der Waals surface area contributed by atoms with E-state index in [0.717, 1.165) is 16.4 Å². The van der Waals surface area contributed by atoms with Gasteiger partial charge in [0.1, 0.15) is 24.2 Å². The molecule has 1 N–H and O–H groups in total. The summed E-state index contributed by atoms with van der Waals surface area (Å²) in [5.74, 6) is -1.78. The van der Waals surface area contributed by atoms with Crippen molar-refractivity contribution in [3.05, 3.63) is 83.9 Å². The first kappa shape index (κ1) is 30.4. The molecule has 0 aliphatic heterocycles. The second kappa shape index (κ2) is 13.2. The van der Waals surface area contributed by atoms with Crippen LogP contribution in [0.1, 0.15) is 19.4 Å². The number of likely N-dealkylation sites (N-methyl/N-ethyl adjacent to an activating group) is 1. The van der Waals surface area contributed by atoms with E-state index in [1.807, 2.05) is 0 Å². The number of rotatable bonds is 12. The van der Waals surface area contributed by atoms with Gasteiger partial charge in [-0.2, -0.15) is 0 Å². The number of carbonyl (C=O) groups excluding carboxylic acids is 2. The molecule has 1 atom stereocenters. The van der Waals surface area contributed by atoms with Gasteiger partial charge in [0.25, 0.3) is 10.0 Å². The predicted molar refractivity (Wildman–Crippen MR) is 146 cm³/mol. The fourth-order valence-corrected chi connectivity index (χ4v) is 5.36. The van der Waals surface area contributed by atoms with Gasteiger partial charge in [-0.25, -0.2) is 17.2 Å². The molecule has 2 amide bonds. The number of anilines is 1. The third-order valence-corrected chi connectivity index (χ3v) is 7.89. The van der Waals surface area contributed by atoms with Crippen LogP contribution in [0.5, 0.6) is 11.5 Å². The third kappa shape index (κ3) is 7.06. The van der Waals surface area contributed by atoms with Crippen LogP contribution in [0.3, 0.4) is 0 Å². The molecule has 214 valence electrons. The van der Waals surface area contributed by atoms with E-state index in [1.165, 1.54) is 80.6 Å². The van der Waals surface area contributed by atoms with Crippen LogP contribution in [0.2, 0.25) is 0 Å². The molecule has 0 heterocycles. The van der Waals surface area contributed by atoms with Crippen molar-refractivity contribution in [2.45, 2.75) is 31.3 Å². The number of nitrogens with one attached hydrogen (secondary N) is 1. The third-order valence-electron chi connectivity index (χ3n) is 6.12. The standard InChI is InChI=1S/C28H31F2N3O6S/c1-5-31-28(35)19(2)32(17-20-6-8-21(29)9-7-20)27(34)18-33(23-12-10-22(30)11-13-23)40(36,37)24-14-15-25(38-3)26(16-24)39-4/h6-16,19H,5,17-18H2,1-4H3,(H,31,35)/t19-/m0/s1. The molecule has 3 rings (SSSR count). The average Bonchev–Trinajstić information content (AvgIpc) is 2.95. The lowest BCUT2D eigenvalue weighted by Gasteiger charge is -2.32. The molecule has 0 aromatic heterocycles. The molecule has 40 heavy (non-hydrogen) atoms. The molecule has 3 aromatic carbocycles. The van der Waals surface area contributed by atoms with Gasteiger partial charge in [0.05, 0.1) is 24.8 Å². The van der Waals surface area contributed by atoms with Gasteiger partial charge in [0.2, 0.25) is 11.8 Å². The lowest BCUT2D eigenvalue weighted by Crippen LogP contribution is -2.51. The van der Waals surface area contributed by atoms with Gasteiger partial charge >= 0.3 is 0 Å². The molecular formula is C28H31F2N3O6S. The van der Waals surface area contributed by atoms with Gasteiger partial charge in [-0.05, 0) is 67.9 Å². The summed E-state index contributed by atoms with van der Waals surface area (Å²) in [6.07, 6.45) is 0. The number of halogens is 2. The van der Waals surface area contributed by atoms with Crippen LogP contribution in [0.25, 0.3) is 0 Å². The molecule has 0 bridgehead atoms. The first-order valence-electron chi connectivity index (χ1n) is 12.3. The Balaban J connectivity index is 2.06. The fourth-order valence-electron chi connectivity index (χ4n) is 3.93. The summed E-state index contributed by atoms with van der Waals surface area (Å²) in [7, 11) is -1.65. The minimum atomic E-state index is -4.41. The zero-order chi connectivity index (χ0) is 29.4. The maximum atomic E-state index is 13.9. The molecule has 0 radical (unpaired) electrons. The molecule has 0 unspecified atom stereocenters. The summed E-state index contributed by atoms with van der Waals surface area (Å²) in [4.78, 5) is 27.5. The number of hydrogen-bond acceptors (Lipinski definition) is 6. The van der Waals surface area contributed by atoms with E-state index in [-0.39, 0.29) is 22.9 Å². The Morgan fingerprint density at radius 2 is 1.48 bits per heavy atom. The zero-order valence-electron chi connectivity index (χ0n) is 22.6. The summed E-state index contributed by atoms with van der Waals surface area (Å²) in [5, 5.41) is 2.65. The molecule has 0 saturated carbocycles. The van der Waals surface area contributed by atoms with Gasteiger partial charge in [-0.1, -0.05) is 12.1 Å². The van der Waals surface area contributed by atoms with E-state index < -0.39 is 46.1 Å². The number of benzene rings is 3. The van der Waals surface area contributed by atoms with Crippen molar-refractivity contribution in [3.63, 3.8) is 0 Å². The molecule has 0 spiro atoms. The van der Waals surface area contributed by atoms with E-state index in [2.05, 4.69) is 5.32 Å². The first-order valence-corrected chi connectivity index (χ1v) is 13.8. The predicted octanol–water partition coefficient (Wildman–Crippen LogP) is 3.73. The van der Waals surface area contributed by atoms with E-state index >= 15 is 0 Å². The van der Waals surface area contributed by atoms with E-state index in [4.69, 9.17) is 9.47 Å². The first-order chi connectivity index (χ1) is 19.0. The topological polar surface area (TPSA) is 105 Å². The Morgan fingerprint density at radius 1 is 0.900 bits per heavy atom. The summed E-state index contributed by atoms with van der Waals surface area (Å²) < 4.78 is 66.3. The lowest BCUT2D eigenvalue weighted by molar-refractivity contribution is -0.139. The minimum Gasteiger partial charge on any atom is -0.493 e. The van der Waals surface area contributed by atoms with Crippen LogP contribution >= 0.6 is 0 Å². The van der Waals surface area contributed by atoms with Crippen LogP contribution in [0.4, 0.5) is 14.5 Å². The monoisotopic (exact) mass is 575 g/mol. The largest absolute Gasteiger partial charge is 0.493 e. The molecule has 9 nitrogen and oxygen atoms in total. The van der Waals surface area contributed by atoms with E-state index in [0.29, 0.717) is 17.9 Å². The molecule has 0 saturated heterocycles. The van der Waals surface area contributed by atoms with E-state index in [9.17, 15) is 26.8 Å². The average molecular weight is 576 g/mol. The van der Waals surface area contributed by atoms with Crippen molar-refractivity contribution >= 4 is 27.5 Å². The summed E-state index contributed by atoms with van der Waals surface area (Å²) in [5.41, 5.74) is 0.555. The lowest BCUT2D eigenvalue weighted by atomic mass is 10.1. The zero-order valence-corrected chi connectivity index (χ0v) is 23.4. The smallest absolute Gasteiger partial charge is 0.264 e. The van der Waals surface area contributed by atoms with Gasteiger partial charge < -0.3 is 19.7 Å². The van der Waals surface area contributed by atoms with Crippen LogP contribution in [-0.2, 0) is 26.2 Å². The maximum Gasteiger partial charge on any atom is 0.264 e. The van der Waals surface area contributed by atoms with Crippen molar-refractivity contribution < 1.29 is 36.3 Å². The van der Waals surface area contributed by atoms with E-state index in [1.54, 1.807) is 6.92 Å². The van der Waals surface area contributed by atoms with Crippen LogP contribution in [0, 0.1) is 11.6 Å². The second-order valence-corrected chi connectivity index (χ2v) is 10.6. The Labute approximate surface area is 232 Å². The number of sulfonamides is 1. The Bertz CT molecular complexity index is 1430. The van der Waals surface area contributed by atoms with Crippen LogP contribution < -0.4 is 19.1 Å². The van der Waals surface area contributed by atoms with Crippen LogP contribution in [0.15, 0.2) is 71.6 Å². The van der Waals surface area contributed by atoms with Crippen molar-refractivity contribution in [1.29, 1.82) is 0 Å². The van der Waals surface area contributed by atoms with Crippen molar-refractivity contribution in [1.82, 2.24) is 10.2 Å². The Morgan fingerprint density at radius 3 is 2.02 bits per heavy atom. The van der Waals surface area contributed by atoms with Gasteiger partial charge in [0.15, 0.2) is 11.5 Å². The number of hydrogen-bond donors (Lipinski definition) is 1. The maximum absolute atomic E-state index is 13.9. The highest BCUT2D eigenvalue weighted by molar-refractivity contribution is 7.92. The van der Waals surface area contributed by atoms with Gasteiger partial charge in [-0.15, -0.1) is 0 Å². The Hall–Kier alpha value is -4.19. The fraction of sp³-hybridized carbons (Fsp3) is 0.286. The number of amides is 2. The molecule has 0 fully saturated rings. The second-order valence-electron chi connectivity index (χ2n) is 8.72. The number of nitrogens with zero attached hydrogens (tertiary/aromatic N) is 2. The molecular weight excluding hydrogens is 544 g/mol. The molecule has 0 aliphatic rings. The highest BCUT2D eigenvalue weighted by atomic mass is 32.2. The van der Waals surface area contributed by atoms with Crippen molar-refractivity contribution in [3.8, 4) is 11.5 Å². The Kier molecular flexibility index (Phi) is 10.1. The molecule has 0 aliphatic carbocycles. The summed E-state index contributed by atoms with van der Waals surface area (Å²) >= 11 is 0. The number of methoxy groups -OCH3 is 2. The van der Waals surface area contributed by atoms with Crippen molar-refractivity contribution in [2.24, 2.45) is 0 Å². The summed E-state index contributed by atoms with van der Waals surface area (Å²) in [6.45, 7) is 2.75. The van der Waals surface area contributed by atoms with Gasteiger partial charge in [0, 0.05) is 19.2 Å². The van der Waals surface area contributed by atoms with Crippen LogP contribution in [-0.4, -0.2) is 58.5 Å². The summed E-state index contributed by atoms with van der Waals surface area (Å²) in [6, 6.07) is 13.0. The van der Waals surface area contributed by atoms with Gasteiger partial charge in [-0.3, -0.25) is 13.9 Å². The quantitative estimate of drug-likeness (QED) is 0.353. The SMILES string of the molecule is CCNC(=O)[C@H](C)N(Cc1ccc(F)cc1)C(=O)CN(c1ccc(F)cc1)S(=O)(=O)c1ccc(OC)c(OC)c1. The van der Waals surface area contributed by atoms with Crippen molar-refractivity contribution in [2.75, 3.05) is 31.6 Å². The molecule has 12 heteroatoms. The number of ether oxygens (including phenoxy) is 2. The highest BCUT2D eigenvalue weighted by Crippen LogP contribution is 2.32.